The number of thioether (sulfide) groups is 1. The van der Waals surface area contributed by atoms with Gasteiger partial charge in [0.25, 0.3) is 0 Å². The maximum atomic E-state index is 12.4. The molecule has 0 aliphatic carbocycles. The lowest BCUT2D eigenvalue weighted by atomic mass is 10.1. The zero-order chi connectivity index (χ0) is 18.2. The fourth-order valence-electron chi connectivity index (χ4n) is 2.22. The van der Waals surface area contributed by atoms with Crippen LogP contribution in [0.3, 0.4) is 0 Å². The van der Waals surface area contributed by atoms with E-state index in [0.29, 0.717) is 22.9 Å². The molecule has 2 atom stereocenters. The van der Waals surface area contributed by atoms with Crippen LogP contribution in [0, 0.1) is 0 Å². The lowest BCUT2D eigenvalue weighted by molar-refractivity contribution is -0.115. The monoisotopic (exact) mass is 361 g/mol. The Labute approximate surface area is 152 Å². The maximum Gasteiger partial charge on any atom is 0.237 e. The number of ether oxygens (including phenoxy) is 2. The summed E-state index contributed by atoms with van der Waals surface area (Å²) < 4.78 is 10.4. The second kappa shape index (κ2) is 9.34. The molecular formula is C19H23NO4S. The Morgan fingerprint density at radius 1 is 1.16 bits per heavy atom. The molecule has 2 aromatic rings. The number of amides is 1. The molecule has 2 N–H and O–H groups in total. The number of aliphatic hydroxyl groups excluding tert-OH is 1. The van der Waals surface area contributed by atoms with Gasteiger partial charge < -0.3 is 19.9 Å². The predicted molar refractivity (Wildman–Crippen MR) is 101 cm³/mol. The van der Waals surface area contributed by atoms with Crippen molar-refractivity contribution in [3.63, 3.8) is 0 Å². The number of carbonyl (C=O) groups excluding carboxylic acids is 1. The lowest BCUT2D eigenvalue weighted by Gasteiger charge is -2.16. The summed E-state index contributed by atoms with van der Waals surface area (Å²) in [7, 11) is 3.11. The summed E-state index contributed by atoms with van der Waals surface area (Å²) in [5.74, 6) is 1.49. The summed E-state index contributed by atoms with van der Waals surface area (Å²) in [6.45, 7) is 1.81. The SMILES string of the molecule is COc1ccc(NC(=O)C(C)SCC(O)c2ccccc2)c(OC)c1. The Kier molecular flexibility index (Phi) is 7.16. The number of aliphatic hydroxyl groups is 1. The quantitative estimate of drug-likeness (QED) is 0.753. The van der Waals surface area contributed by atoms with Gasteiger partial charge in [-0.3, -0.25) is 4.79 Å². The van der Waals surface area contributed by atoms with E-state index in [4.69, 9.17) is 9.47 Å². The summed E-state index contributed by atoms with van der Waals surface area (Å²) in [5.41, 5.74) is 1.43. The highest BCUT2D eigenvalue weighted by Crippen LogP contribution is 2.30. The zero-order valence-corrected chi connectivity index (χ0v) is 15.4. The van der Waals surface area contributed by atoms with E-state index < -0.39 is 6.10 Å². The Hall–Kier alpha value is -2.18. The smallest absolute Gasteiger partial charge is 0.237 e. The number of anilines is 1. The molecule has 0 radical (unpaired) electrons. The average molecular weight is 361 g/mol. The fourth-order valence-corrected chi connectivity index (χ4v) is 3.09. The van der Waals surface area contributed by atoms with E-state index in [-0.39, 0.29) is 11.2 Å². The second-order valence-electron chi connectivity index (χ2n) is 5.46. The van der Waals surface area contributed by atoms with Gasteiger partial charge in [0.15, 0.2) is 0 Å². The normalized spacial score (nSPS) is 13.0. The molecule has 5 nitrogen and oxygen atoms in total. The van der Waals surface area contributed by atoms with Crippen LogP contribution in [-0.2, 0) is 4.79 Å². The number of methoxy groups -OCH3 is 2. The van der Waals surface area contributed by atoms with Gasteiger partial charge in [-0.2, -0.15) is 0 Å². The highest BCUT2D eigenvalue weighted by atomic mass is 32.2. The molecule has 2 rings (SSSR count). The summed E-state index contributed by atoms with van der Waals surface area (Å²) in [4.78, 5) is 12.4. The average Bonchev–Trinajstić information content (AvgIpc) is 2.66. The first-order valence-corrected chi connectivity index (χ1v) is 8.97. The van der Waals surface area contributed by atoms with E-state index >= 15 is 0 Å². The first kappa shape index (κ1) is 19.1. The minimum atomic E-state index is -0.600. The van der Waals surface area contributed by atoms with Crippen molar-refractivity contribution >= 4 is 23.4 Å². The van der Waals surface area contributed by atoms with E-state index in [9.17, 15) is 9.90 Å². The van der Waals surface area contributed by atoms with Gasteiger partial charge in [0.1, 0.15) is 11.5 Å². The molecule has 0 saturated carbocycles. The molecule has 2 unspecified atom stereocenters. The van der Waals surface area contributed by atoms with Gasteiger partial charge in [-0.1, -0.05) is 30.3 Å². The van der Waals surface area contributed by atoms with E-state index in [2.05, 4.69) is 5.32 Å². The Bertz CT molecular complexity index is 693. The fraction of sp³-hybridized carbons (Fsp3) is 0.316. The Morgan fingerprint density at radius 2 is 1.88 bits per heavy atom. The van der Waals surface area contributed by atoms with Gasteiger partial charge in [-0.25, -0.2) is 0 Å². The molecule has 0 saturated heterocycles. The highest BCUT2D eigenvalue weighted by Gasteiger charge is 2.18. The van der Waals surface area contributed by atoms with Crippen LogP contribution in [0.4, 0.5) is 5.69 Å². The van der Waals surface area contributed by atoms with Crippen molar-refractivity contribution in [2.24, 2.45) is 0 Å². The van der Waals surface area contributed by atoms with Gasteiger partial charge >= 0.3 is 0 Å². The first-order valence-electron chi connectivity index (χ1n) is 7.92. The third-order valence-electron chi connectivity index (χ3n) is 3.72. The molecular weight excluding hydrogens is 338 g/mol. The minimum Gasteiger partial charge on any atom is -0.497 e. The molecule has 0 aliphatic rings. The van der Waals surface area contributed by atoms with Crippen LogP contribution in [-0.4, -0.2) is 36.2 Å². The topological polar surface area (TPSA) is 67.8 Å². The van der Waals surface area contributed by atoms with Crippen LogP contribution in [0.15, 0.2) is 48.5 Å². The highest BCUT2D eigenvalue weighted by molar-refractivity contribution is 8.00. The first-order chi connectivity index (χ1) is 12.0. The summed E-state index contributed by atoms with van der Waals surface area (Å²) in [6.07, 6.45) is -0.600. The van der Waals surface area contributed by atoms with Gasteiger partial charge in [-0.15, -0.1) is 11.8 Å². The Balaban J connectivity index is 1.92. The van der Waals surface area contributed by atoms with Crippen LogP contribution in [0.5, 0.6) is 11.5 Å². The van der Waals surface area contributed by atoms with Crippen molar-refractivity contribution in [2.45, 2.75) is 18.3 Å². The van der Waals surface area contributed by atoms with Gasteiger partial charge in [0, 0.05) is 11.8 Å². The van der Waals surface area contributed by atoms with Gasteiger partial charge in [-0.05, 0) is 24.6 Å². The molecule has 2 aromatic carbocycles. The summed E-state index contributed by atoms with van der Waals surface area (Å²) in [5, 5.41) is 12.7. The molecule has 0 heterocycles. The van der Waals surface area contributed by atoms with Gasteiger partial charge in [0.2, 0.25) is 5.91 Å². The van der Waals surface area contributed by atoms with Crippen molar-refractivity contribution in [3.05, 3.63) is 54.1 Å². The molecule has 0 bridgehead atoms. The number of rotatable bonds is 8. The third kappa shape index (κ3) is 5.41. The minimum absolute atomic E-state index is 0.145. The summed E-state index contributed by atoms with van der Waals surface area (Å²) in [6, 6.07) is 14.6. The molecule has 0 fully saturated rings. The van der Waals surface area contributed by atoms with E-state index in [1.807, 2.05) is 37.3 Å². The molecule has 1 amide bonds. The van der Waals surface area contributed by atoms with Gasteiger partial charge in [0.05, 0.1) is 31.3 Å². The van der Waals surface area contributed by atoms with Crippen LogP contribution in [0.25, 0.3) is 0 Å². The molecule has 6 heteroatoms. The zero-order valence-electron chi connectivity index (χ0n) is 14.6. The van der Waals surface area contributed by atoms with Crippen LogP contribution < -0.4 is 14.8 Å². The third-order valence-corrected chi connectivity index (χ3v) is 4.95. The standard InChI is InChI=1S/C19H23NO4S/c1-13(25-12-17(21)14-7-5-4-6-8-14)19(22)20-16-10-9-15(23-2)11-18(16)24-3/h4-11,13,17,21H,12H2,1-3H3,(H,20,22). The van der Waals surface area contributed by atoms with Crippen LogP contribution in [0.1, 0.15) is 18.6 Å². The lowest BCUT2D eigenvalue weighted by Crippen LogP contribution is -2.23. The molecule has 0 spiro atoms. The molecule has 134 valence electrons. The predicted octanol–water partition coefficient (Wildman–Crippen LogP) is 3.50. The van der Waals surface area contributed by atoms with E-state index in [1.165, 1.54) is 11.8 Å². The van der Waals surface area contributed by atoms with Crippen molar-refractivity contribution < 1.29 is 19.4 Å². The van der Waals surface area contributed by atoms with Crippen molar-refractivity contribution in [1.29, 1.82) is 0 Å². The Morgan fingerprint density at radius 3 is 2.52 bits per heavy atom. The number of nitrogens with one attached hydrogen (secondary N) is 1. The summed E-state index contributed by atoms with van der Waals surface area (Å²) >= 11 is 1.40. The maximum absolute atomic E-state index is 12.4. The number of carbonyl (C=O) groups is 1. The second-order valence-corrected chi connectivity index (χ2v) is 6.83. The number of hydrogen-bond acceptors (Lipinski definition) is 5. The largest absolute Gasteiger partial charge is 0.497 e. The van der Waals surface area contributed by atoms with Crippen molar-refractivity contribution in [3.8, 4) is 11.5 Å². The molecule has 0 aromatic heterocycles. The van der Waals surface area contributed by atoms with Crippen molar-refractivity contribution in [2.75, 3.05) is 25.3 Å². The number of benzene rings is 2. The van der Waals surface area contributed by atoms with Crippen LogP contribution in [0.2, 0.25) is 0 Å². The number of hydrogen-bond donors (Lipinski definition) is 2. The van der Waals surface area contributed by atoms with E-state index in [0.717, 1.165) is 5.56 Å². The van der Waals surface area contributed by atoms with Crippen molar-refractivity contribution in [1.82, 2.24) is 0 Å². The van der Waals surface area contributed by atoms with E-state index in [1.54, 1.807) is 32.4 Å². The van der Waals surface area contributed by atoms with Crippen LogP contribution >= 0.6 is 11.8 Å². The molecule has 0 aliphatic heterocycles. The molecule has 25 heavy (non-hydrogen) atoms.